The van der Waals surface area contributed by atoms with Gasteiger partial charge in [-0.15, -0.1) is 0 Å². The molecular formula is C16H13ClN2OS. The lowest BCUT2D eigenvalue weighted by atomic mass is 10.1. The van der Waals surface area contributed by atoms with Gasteiger partial charge in [0.2, 0.25) is 0 Å². The van der Waals surface area contributed by atoms with Gasteiger partial charge in [-0.05, 0) is 43.7 Å². The lowest BCUT2D eigenvalue weighted by molar-refractivity contribution is 0.102. The molecule has 0 aliphatic heterocycles. The topological polar surface area (TPSA) is 42.0 Å². The first-order valence-corrected chi connectivity index (χ1v) is 7.67. The molecule has 3 nitrogen and oxygen atoms in total. The number of rotatable bonds is 2. The van der Waals surface area contributed by atoms with Crippen LogP contribution in [0.3, 0.4) is 0 Å². The highest BCUT2D eigenvalue weighted by molar-refractivity contribution is 7.22. The zero-order chi connectivity index (χ0) is 15.0. The van der Waals surface area contributed by atoms with Crippen LogP contribution in [-0.4, -0.2) is 10.9 Å². The number of aryl methyl sites for hydroxylation is 2. The predicted molar refractivity (Wildman–Crippen MR) is 88.5 cm³/mol. The zero-order valence-electron chi connectivity index (χ0n) is 11.6. The number of hydrogen-bond acceptors (Lipinski definition) is 3. The Morgan fingerprint density at radius 2 is 2.00 bits per heavy atom. The minimum Gasteiger partial charge on any atom is -0.298 e. The van der Waals surface area contributed by atoms with E-state index in [9.17, 15) is 4.79 Å². The standard InChI is InChI=1S/C16H13ClN2OS/c1-9-3-4-10(2)12(7-9)15(20)19-16-18-13-6-5-11(17)8-14(13)21-16/h3-8H,1-2H3,(H,18,19,20). The van der Waals surface area contributed by atoms with Gasteiger partial charge in [-0.25, -0.2) is 4.98 Å². The van der Waals surface area contributed by atoms with Crippen molar-refractivity contribution in [3.63, 3.8) is 0 Å². The maximum atomic E-state index is 12.4. The van der Waals surface area contributed by atoms with Crippen molar-refractivity contribution in [2.75, 3.05) is 5.32 Å². The Hall–Kier alpha value is -1.91. The maximum Gasteiger partial charge on any atom is 0.257 e. The van der Waals surface area contributed by atoms with Crippen molar-refractivity contribution in [3.8, 4) is 0 Å². The highest BCUT2D eigenvalue weighted by Gasteiger charge is 2.12. The average molecular weight is 317 g/mol. The first-order chi connectivity index (χ1) is 10.0. The van der Waals surface area contributed by atoms with E-state index < -0.39 is 0 Å². The summed E-state index contributed by atoms with van der Waals surface area (Å²) < 4.78 is 0.957. The molecule has 0 bridgehead atoms. The van der Waals surface area contributed by atoms with Gasteiger partial charge in [0, 0.05) is 10.6 Å². The van der Waals surface area contributed by atoms with E-state index in [0.717, 1.165) is 21.3 Å². The summed E-state index contributed by atoms with van der Waals surface area (Å²) in [5.74, 6) is -0.138. The van der Waals surface area contributed by atoms with E-state index in [1.807, 2.05) is 44.2 Å². The Morgan fingerprint density at radius 3 is 2.81 bits per heavy atom. The van der Waals surface area contributed by atoms with Gasteiger partial charge in [0.25, 0.3) is 5.91 Å². The molecule has 0 spiro atoms. The minimum absolute atomic E-state index is 0.138. The summed E-state index contributed by atoms with van der Waals surface area (Å²) in [6.45, 7) is 3.89. The van der Waals surface area contributed by atoms with Crippen molar-refractivity contribution in [1.29, 1.82) is 0 Å². The summed E-state index contributed by atoms with van der Waals surface area (Å²) in [7, 11) is 0. The van der Waals surface area contributed by atoms with Crippen LogP contribution in [0.5, 0.6) is 0 Å². The molecule has 1 amide bonds. The van der Waals surface area contributed by atoms with Crippen LogP contribution in [0.25, 0.3) is 10.2 Å². The van der Waals surface area contributed by atoms with E-state index in [1.54, 1.807) is 6.07 Å². The van der Waals surface area contributed by atoms with Crippen molar-refractivity contribution in [2.24, 2.45) is 0 Å². The molecule has 0 fully saturated rings. The second-order valence-electron chi connectivity index (χ2n) is 4.90. The Kier molecular flexibility index (Phi) is 3.66. The number of hydrogen-bond donors (Lipinski definition) is 1. The first kappa shape index (κ1) is 14.0. The molecule has 0 saturated heterocycles. The third-order valence-corrected chi connectivity index (χ3v) is 4.38. The Labute approximate surface area is 131 Å². The molecule has 0 saturated carbocycles. The Bertz CT molecular complexity index is 841. The summed E-state index contributed by atoms with van der Waals surface area (Å²) >= 11 is 7.38. The number of amides is 1. The van der Waals surface area contributed by atoms with Gasteiger partial charge in [0.05, 0.1) is 10.2 Å². The number of benzene rings is 2. The van der Waals surface area contributed by atoms with Crippen LogP contribution in [0, 0.1) is 13.8 Å². The molecule has 1 heterocycles. The Balaban J connectivity index is 1.90. The number of fused-ring (bicyclic) bond motifs is 1. The molecule has 1 aromatic heterocycles. The number of carbonyl (C=O) groups is 1. The number of anilines is 1. The quantitative estimate of drug-likeness (QED) is 0.736. The normalized spacial score (nSPS) is 10.8. The smallest absolute Gasteiger partial charge is 0.257 e. The lowest BCUT2D eigenvalue weighted by Crippen LogP contribution is -2.13. The fourth-order valence-corrected chi connectivity index (χ4v) is 3.23. The van der Waals surface area contributed by atoms with E-state index in [-0.39, 0.29) is 5.91 Å². The molecule has 0 aliphatic carbocycles. The molecular weight excluding hydrogens is 304 g/mol. The van der Waals surface area contributed by atoms with Gasteiger partial charge in [0.15, 0.2) is 5.13 Å². The molecule has 5 heteroatoms. The van der Waals surface area contributed by atoms with Crippen LogP contribution in [-0.2, 0) is 0 Å². The van der Waals surface area contributed by atoms with E-state index >= 15 is 0 Å². The second-order valence-corrected chi connectivity index (χ2v) is 6.37. The van der Waals surface area contributed by atoms with Crippen molar-refractivity contribution >= 4 is 44.2 Å². The van der Waals surface area contributed by atoms with Crippen LogP contribution in [0.2, 0.25) is 5.02 Å². The third-order valence-electron chi connectivity index (χ3n) is 3.21. The van der Waals surface area contributed by atoms with E-state index in [2.05, 4.69) is 10.3 Å². The molecule has 0 unspecified atom stereocenters. The van der Waals surface area contributed by atoms with Gasteiger partial charge in [-0.1, -0.05) is 40.6 Å². The van der Waals surface area contributed by atoms with Gasteiger partial charge in [-0.2, -0.15) is 0 Å². The van der Waals surface area contributed by atoms with Gasteiger partial charge in [-0.3, -0.25) is 10.1 Å². The number of nitrogens with one attached hydrogen (secondary N) is 1. The largest absolute Gasteiger partial charge is 0.298 e. The Morgan fingerprint density at radius 1 is 1.19 bits per heavy atom. The molecule has 106 valence electrons. The molecule has 0 radical (unpaired) electrons. The SMILES string of the molecule is Cc1ccc(C)c(C(=O)Nc2nc3ccc(Cl)cc3s2)c1. The fraction of sp³-hybridized carbons (Fsp3) is 0.125. The van der Waals surface area contributed by atoms with Crippen LogP contribution in [0.1, 0.15) is 21.5 Å². The van der Waals surface area contributed by atoms with Crippen LogP contribution >= 0.6 is 22.9 Å². The summed E-state index contributed by atoms with van der Waals surface area (Å²) in [6.07, 6.45) is 0. The highest BCUT2D eigenvalue weighted by Crippen LogP contribution is 2.28. The molecule has 2 aromatic carbocycles. The molecule has 21 heavy (non-hydrogen) atoms. The monoisotopic (exact) mass is 316 g/mol. The summed E-state index contributed by atoms with van der Waals surface area (Å²) in [6, 6.07) is 11.3. The molecule has 0 atom stereocenters. The fourth-order valence-electron chi connectivity index (χ4n) is 2.10. The molecule has 3 aromatic rings. The number of nitrogens with zero attached hydrogens (tertiary/aromatic N) is 1. The summed E-state index contributed by atoms with van der Waals surface area (Å²) in [5.41, 5.74) is 3.51. The second kappa shape index (κ2) is 5.47. The molecule has 1 N–H and O–H groups in total. The summed E-state index contributed by atoms with van der Waals surface area (Å²) in [4.78, 5) is 16.8. The van der Waals surface area contributed by atoms with Crippen LogP contribution in [0.15, 0.2) is 36.4 Å². The molecule has 3 rings (SSSR count). The lowest BCUT2D eigenvalue weighted by Gasteiger charge is -2.06. The van der Waals surface area contributed by atoms with E-state index in [1.165, 1.54) is 11.3 Å². The van der Waals surface area contributed by atoms with Crippen LogP contribution < -0.4 is 5.32 Å². The maximum absolute atomic E-state index is 12.4. The van der Waals surface area contributed by atoms with E-state index in [0.29, 0.717) is 15.7 Å². The number of aromatic nitrogens is 1. The van der Waals surface area contributed by atoms with Gasteiger partial charge >= 0.3 is 0 Å². The minimum atomic E-state index is -0.138. The highest BCUT2D eigenvalue weighted by atomic mass is 35.5. The van der Waals surface area contributed by atoms with E-state index in [4.69, 9.17) is 11.6 Å². The average Bonchev–Trinajstić information content (AvgIpc) is 2.82. The predicted octanol–water partition coefficient (Wildman–Crippen LogP) is 4.82. The number of halogens is 1. The third kappa shape index (κ3) is 2.91. The summed E-state index contributed by atoms with van der Waals surface area (Å²) in [5, 5.41) is 4.11. The number of carbonyl (C=O) groups excluding carboxylic acids is 1. The zero-order valence-corrected chi connectivity index (χ0v) is 13.2. The van der Waals surface area contributed by atoms with Crippen molar-refractivity contribution < 1.29 is 4.79 Å². The van der Waals surface area contributed by atoms with Crippen molar-refractivity contribution in [3.05, 3.63) is 58.1 Å². The molecule has 0 aliphatic rings. The van der Waals surface area contributed by atoms with Gasteiger partial charge in [0.1, 0.15) is 0 Å². The van der Waals surface area contributed by atoms with Crippen LogP contribution in [0.4, 0.5) is 5.13 Å². The van der Waals surface area contributed by atoms with Gasteiger partial charge < -0.3 is 0 Å². The van der Waals surface area contributed by atoms with Crippen molar-refractivity contribution in [1.82, 2.24) is 4.98 Å². The first-order valence-electron chi connectivity index (χ1n) is 6.47. The number of thiazole rings is 1. The van der Waals surface area contributed by atoms with Crippen molar-refractivity contribution in [2.45, 2.75) is 13.8 Å².